The molecule has 0 aromatic heterocycles. The molecule has 0 amide bonds. The highest BCUT2D eigenvalue weighted by atomic mass is 16.8. The number of aliphatic hydroxyl groups excluding tert-OH is 4. The van der Waals surface area contributed by atoms with E-state index in [1.165, 1.54) is 0 Å². The van der Waals surface area contributed by atoms with Gasteiger partial charge in [-0.2, -0.15) is 0 Å². The molecule has 6 N–H and O–H groups in total. The topological polar surface area (TPSA) is 340 Å². The van der Waals surface area contributed by atoms with Gasteiger partial charge >= 0.3 is 11.9 Å². The number of ether oxygens (including phenoxy) is 20. The molecule has 12 heterocycles. The minimum atomic E-state index is -1.84. The number of hydrogen-bond acceptors (Lipinski definition) is 28. The van der Waals surface area contributed by atoms with Gasteiger partial charge in [-0.3, -0.25) is 9.59 Å². The maximum absolute atomic E-state index is 14.3. The van der Waals surface area contributed by atoms with E-state index in [1.807, 2.05) is 64.2 Å². The van der Waals surface area contributed by atoms with Crippen LogP contribution in [0.15, 0.2) is 119 Å². The van der Waals surface area contributed by atoms with Crippen molar-refractivity contribution in [2.75, 3.05) is 41.7 Å². The lowest BCUT2D eigenvalue weighted by Crippen LogP contribution is -2.58. The van der Waals surface area contributed by atoms with Crippen molar-refractivity contribution in [3.8, 4) is 0 Å². The Bertz CT molecular complexity index is 3920. The molecule has 12 aliphatic heterocycles. The van der Waals surface area contributed by atoms with Crippen LogP contribution in [-0.2, 0) is 104 Å². The molecular weight excluding hydrogens is 1590 g/mol. The molecule has 4 bridgehead atoms. The lowest BCUT2D eigenvalue weighted by atomic mass is 9.71. The normalized spacial score (nSPS) is 48.5. The average Bonchev–Trinajstić information content (AvgIpc) is 1.61. The van der Waals surface area contributed by atoms with Crippen LogP contribution in [0.1, 0.15) is 181 Å². The van der Waals surface area contributed by atoms with Crippen molar-refractivity contribution in [1.82, 2.24) is 0 Å². The minimum absolute atomic E-state index is 0.0313. The van der Waals surface area contributed by atoms with E-state index in [0.29, 0.717) is 86.5 Å². The Kier molecular flexibility index (Phi) is 31.5. The maximum Gasteiger partial charge on any atom is 0.316 e. The third kappa shape index (κ3) is 20.6. The molecule has 2 spiro atoms. The van der Waals surface area contributed by atoms with E-state index in [1.54, 1.807) is 80.4 Å². The molecule has 1 unspecified atom stereocenters. The number of methoxy groups -OCH3 is 4. The van der Waals surface area contributed by atoms with E-state index in [2.05, 4.69) is 79.7 Å². The predicted molar refractivity (Wildman–Crippen MR) is 450 cm³/mol. The SMILES string of the molecule is CCC(C)[C@H]1O[C@]2(C=C[C@@H]1C)C[C@@H]1C[C@@H](C/C=C(\C)[C@@H](O[C@H]3C[C@H](OC)[C@@H](O[C@H]4C[C@H](OC)[C@@H](O)[C@H](C)O4)[C@H](C)O3)[C@@H](C)C=CC=C3CO[C@@H]4[C@H](O)C(C)=C[C@@H](C(=O)O1)[C@]34O)O2.CO[C@H]1C[C@H](O[C@H]2[C@H](C)O[C@@H](O[C@@H]3/C(C)=C/C[C@@H]4C[C@@H](C[C@]5(C=C[C@H](C)[C@@H](C(C)C)O5)O4)OC(=O)[C@@H]4C=C(C)[C@@H](O)[C@H]5OC/C(=C\C=C\[C@@H]3C)[C@]54O)C[C@@H]2OC)O[C@@H](C)[C@@H]1O. The molecule has 28 heteroatoms. The zero-order valence-electron chi connectivity index (χ0n) is 75.7. The molecule has 0 saturated carbocycles. The summed E-state index contributed by atoms with van der Waals surface area (Å²) in [6.45, 7) is 32.1. The van der Waals surface area contributed by atoms with E-state index in [-0.39, 0.29) is 85.3 Å². The molecule has 0 radical (unpaired) electrons. The van der Waals surface area contributed by atoms with Crippen LogP contribution in [0.5, 0.6) is 0 Å². The van der Waals surface area contributed by atoms with Gasteiger partial charge in [-0.05, 0) is 126 Å². The highest BCUT2D eigenvalue weighted by Crippen LogP contribution is 2.51. The van der Waals surface area contributed by atoms with Gasteiger partial charge in [0.15, 0.2) is 36.7 Å². The van der Waals surface area contributed by atoms with Gasteiger partial charge in [0.25, 0.3) is 0 Å². The molecule has 0 aromatic rings. The monoisotopic (exact) mass is 1730 g/mol. The number of rotatable bonds is 15. The van der Waals surface area contributed by atoms with Crippen molar-refractivity contribution in [3.63, 3.8) is 0 Å². The van der Waals surface area contributed by atoms with E-state index in [0.717, 1.165) is 17.6 Å². The fourth-order valence-electron chi connectivity index (χ4n) is 21.0. The molecule has 39 atom stereocenters. The third-order valence-corrected chi connectivity index (χ3v) is 28.5. The van der Waals surface area contributed by atoms with Gasteiger partial charge < -0.3 is 125 Å². The van der Waals surface area contributed by atoms with E-state index in [4.69, 9.17) is 94.7 Å². The maximum atomic E-state index is 14.3. The zero-order chi connectivity index (χ0) is 88.6. The number of carbonyl (C=O) groups is 2. The van der Waals surface area contributed by atoms with Crippen molar-refractivity contribution in [1.29, 1.82) is 0 Å². The van der Waals surface area contributed by atoms with Gasteiger partial charge in [0, 0.05) is 103 Å². The molecule has 8 fully saturated rings. The van der Waals surface area contributed by atoms with Crippen LogP contribution in [0.2, 0.25) is 0 Å². The average molecular weight is 1730 g/mol. The molecule has 28 nitrogen and oxygen atoms in total. The zero-order valence-corrected chi connectivity index (χ0v) is 75.7. The molecule has 14 aliphatic rings. The first-order valence-electron chi connectivity index (χ1n) is 45.2. The molecule has 690 valence electrons. The van der Waals surface area contributed by atoms with Crippen molar-refractivity contribution < 1.29 is 135 Å². The van der Waals surface area contributed by atoms with Gasteiger partial charge in [0.05, 0.1) is 98.7 Å². The molecular formula is C95H142O28. The number of esters is 2. The van der Waals surface area contributed by atoms with Crippen LogP contribution in [-0.4, -0.2) is 279 Å². The van der Waals surface area contributed by atoms with Crippen LogP contribution in [0.4, 0.5) is 0 Å². The molecule has 123 heavy (non-hydrogen) atoms. The Hall–Kier alpha value is -4.62. The van der Waals surface area contributed by atoms with Crippen molar-refractivity contribution in [2.45, 2.75) is 376 Å². The molecule has 8 saturated heterocycles. The summed E-state index contributed by atoms with van der Waals surface area (Å²) in [6.07, 6.45) is 16.1. The van der Waals surface area contributed by atoms with Gasteiger partial charge in [-0.1, -0.05) is 135 Å². The van der Waals surface area contributed by atoms with Crippen LogP contribution < -0.4 is 0 Å². The Labute approximate surface area is 726 Å². The molecule has 14 rings (SSSR count). The second-order valence-electron chi connectivity index (χ2n) is 37.8. The second-order valence-corrected chi connectivity index (χ2v) is 37.8. The summed E-state index contributed by atoms with van der Waals surface area (Å²) in [7, 11) is 6.44. The van der Waals surface area contributed by atoms with Crippen LogP contribution in [0.25, 0.3) is 0 Å². The fourth-order valence-corrected chi connectivity index (χ4v) is 21.0. The molecule has 0 aromatic carbocycles. The van der Waals surface area contributed by atoms with E-state index < -0.39 is 182 Å². The standard InChI is InChI=1S/C48H72O14.C47H70O14/c1-11-25(2)43-28(5)17-18-47(62-43)23-34-20-33(61-47)16-15-27(4)42(26(3)13-12-14-32-24-55-45-40(49)29(6)19-35(46(51)58-34)48(32,45)52)59-39-22-37(54-10)44(31(8)57-39)60-38-21-36(53-9)41(50)30(7)56-38;1-24(2)41-27(5)16-17-46(61-41)22-33-19-32(60-46)15-14-26(4)42(25(3)12-11-13-31-23-54-44-39(48)28(6)18-34(45(50)57-33)47(31,44)51)58-38-21-36(53-10)43(30(8)56-38)59-37-20-35(52-9)40(49)29(7)55-37/h12-15,17-19,25-26,28,30-31,33-45,49-50,52H,11,16,20-24H2,1-10H3;11-14,16-18,24-25,27,29-30,32-44,48-49,51H,15,19-23H2,1-10H3/b13-12?,27-15+,32-14?;12-11+,26-14+,31-13+/t25?,26-,28-,30-,31-,33+,34-,35-,36-,37-,38-,39-,40+,41-,42-,43+,44-,45+,47+,48+;25-,27-,29-,30-,32+,33-,34-,35-,36-,37-,38-,39+,40-,41+,42-,43-,44+,46+,47+/m00/s1. The number of fused-ring (bicyclic) bond motifs is 4. The Morgan fingerprint density at radius 3 is 1.22 bits per heavy atom. The number of hydrogen-bond donors (Lipinski definition) is 6. The van der Waals surface area contributed by atoms with Gasteiger partial charge in [0.2, 0.25) is 0 Å². The summed E-state index contributed by atoms with van der Waals surface area (Å²) in [5, 5.41) is 68.4. The predicted octanol–water partition coefficient (Wildman–Crippen LogP) is 10.4. The van der Waals surface area contributed by atoms with Crippen molar-refractivity contribution in [3.05, 3.63) is 119 Å². The lowest BCUT2D eigenvalue weighted by molar-refractivity contribution is -0.318. The lowest BCUT2D eigenvalue weighted by Gasteiger charge is -2.48. The number of carbonyl (C=O) groups excluding carboxylic acids is 2. The number of aliphatic hydroxyl groups is 6. The summed E-state index contributed by atoms with van der Waals surface area (Å²) >= 11 is 0. The summed E-state index contributed by atoms with van der Waals surface area (Å²) < 4.78 is 127. The second kappa shape index (κ2) is 40.4. The van der Waals surface area contributed by atoms with E-state index >= 15 is 0 Å². The first kappa shape index (κ1) is 95.9. The highest BCUT2D eigenvalue weighted by Gasteiger charge is 2.63. The Morgan fingerprint density at radius 2 is 0.829 bits per heavy atom. The first-order valence-corrected chi connectivity index (χ1v) is 45.2. The summed E-state index contributed by atoms with van der Waals surface area (Å²) in [5.74, 6) is -5.18. The Balaban J connectivity index is 0.000000212. The first-order chi connectivity index (χ1) is 58.5. The fraction of sp³-hybridized carbons (Fsp3) is 0.768. The van der Waals surface area contributed by atoms with Crippen LogP contribution in [0.3, 0.4) is 0 Å². The van der Waals surface area contributed by atoms with Crippen LogP contribution in [0, 0.1) is 47.3 Å². The summed E-state index contributed by atoms with van der Waals surface area (Å²) in [6, 6.07) is 0. The quantitative estimate of drug-likeness (QED) is 0.0655. The molecule has 2 aliphatic carbocycles. The van der Waals surface area contributed by atoms with Crippen LogP contribution >= 0.6 is 0 Å². The van der Waals surface area contributed by atoms with E-state index in [9.17, 15) is 40.2 Å². The minimum Gasteiger partial charge on any atom is -0.462 e. The van der Waals surface area contributed by atoms with Gasteiger partial charge in [-0.15, -0.1) is 0 Å². The Morgan fingerprint density at radius 1 is 0.455 bits per heavy atom. The van der Waals surface area contributed by atoms with Gasteiger partial charge in [-0.25, -0.2) is 0 Å². The highest BCUT2D eigenvalue weighted by molar-refractivity contribution is 5.79. The van der Waals surface area contributed by atoms with Gasteiger partial charge in [0.1, 0.15) is 84.1 Å². The van der Waals surface area contributed by atoms with Crippen molar-refractivity contribution in [2.24, 2.45) is 47.3 Å². The third-order valence-electron chi connectivity index (χ3n) is 28.5. The van der Waals surface area contributed by atoms with Crippen molar-refractivity contribution >= 4 is 11.9 Å². The largest absolute Gasteiger partial charge is 0.462 e. The summed E-state index contributed by atoms with van der Waals surface area (Å²) in [4.78, 5) is 28.6. The number of allylic oxidation sites excluding steroid dienone is 4. The summed E-state index contributed by atoms with van der Waals surface area (Å²) in [5.41, 5.74) is 0.263. The smallest absolute Gasteiger partial charge is 0.316 e.